The van der Waals surface area contributed by atoms with Crippen LogP contribution in [0.2, 0.25) is 0 Å². The number of para-hydroxylation sites is 1. The van der Waals surface area contributed by atoms with Crippen molar-refractivity contribution < 1.29 is 23.5 Å². The number of methoxy groups -OCH3 is 1. The van der Waals surface area contributed by atoms with E-state index in [-0.39, 0.29) is 25.6 Å². The molecule has 4 rings (SSSR count). The van der Waals surface area contributed by atoms with E-state index in [9.17, 15) is 4.79 Å². The highest BCUT2D eigenvalue weighted by Gasteiger charge is 2.13. The number of aromatic nitrogens is 1. The van der Waals surface area contributed by atoms with E-state index in [1.54, 1.807) is 0 Å². The number of nitrogens with zero attached hydrogens (tertiary/aromatic N) is 2. The molecule has 0 N–H and O–H groups in total. The first-order valence-electron chi connectivity index (χ1n) is 11.7. The van der Waals surface area contributed by atoms with Crippen molar-refractivity contribution in [3.05, 3.63) is 108 Å². The molecule has 0 amide bonds. The number of ether oxygens (including phenoxy) is 2. The van der Waals surface area contributed by atoms with E-state index in [2.05, 4.69) is 10.1 Å². The summed E-state index contributed by atoms with van der Waals surface area (Å²) < 4.78 is 16.7. The monoisotopic (exact) mass is 484 g/mol. The van der Waals surface area contributed by atoms with E-state index < -0.39 is 0 Å². The molecule has 7 nitrogen and oxygen atoms in total. The molecule has 36 heavy (non-hydrogen) atoms. The highest BCUT2D eigenvalue weighted by Crippen LogP contribution is 2.24. The molecule has 1 aromatic heterocycles. The lowest BCUT2D eigenvalue weighted by Crippen LogP contribution is -2.08. The lowest BCUT2D eigenvalue weighted by atomic mass is 10.1. The molecule has 0 bridgehead atoms. The number of esters is 1. The zero-order valence-corrected chi connectivity index (χ0v) is 20.3. The molecule has 0 saturated heterocycles. The van der Waals surface area contributed by atoms with Crippen LogP contribution in [-0.2, 0) is 27.6 Å². The van der Waals surface area contributed by atoms with Crippen LogP contribution in [-0.4, -0.2) is 23.8 Å². The average Bonchev–Trinajstić information content (AvgIpc) is 3.31. The number of carbonyl (C=O) groups is 1. The van der Waals surface area contributed by atoms with Crippen molar-refractivity contribution in [3.8, 4) is 17.2 Å². The molecule has 184 valence electrons. The van der Waals surface area contributed by atoms with Crippen molar-refractivity contribution in [1.29, 1.82) is 0 Å². The van der Waals surface area contributed by atoms with Crippen molar-refractivity contribution in [2.75, 3.05) is 7.11 Å². The summed E-state index contributed by atoms with van der Waals surface area (Å²) in [4.78, 5) is 21.9. The predicted molar refractivity (Wildman–Crippen MR) is 136 cm³/mol. The molecule has 0 spiro atoms. The van der Waals surface area contributed by atoms with E-state index in [1.165, 1.54) is 7.11 Å². The Morgan fingerprint density at radius 1 is 0.889 bits per heavy atom. The van der Waals surface area contributed by atoms with Crippen molar-refractivity contribution in [2.24, 2.45) is 5.16 Å². The summed E-state index contributed by atoms with van der Waals surface area (Å²) in [5, 5.41) is 4.33. The number of hydrogen-bond donors (Lipinski definition) is 0. The zero-order valence-electron chi connectivity index (χ0n) is 20.3. The third-order valence-corrected chi connectivity index (χ3v) is 5.55. The van der Waals surface area contributed by atoms with Gasteiger partial charge in [-0.05, 0) is 30.7 Å². The van der Waals surface area contributed by atoms with E-state index in [0.29, 0.717) is 29.5 Å². The highest BCUT2D eigenvalue weighted by molar-refractivity contribution is 6.01. The second kappa shape index (κ2) is 12.4. The number of oxazole rings is 1. The summed E-state index contributed by atoms with van der Waals surface area (Å²) >= 11 is 0. The molecular weight excluding hydrogens is 456 g/mol. The number of oxime groups is 1. The maximum Gasteiger partial charge on any atom is 0.305 e. The molecule has 7 heteroatoms. The third kappa shape index (κ3) is 6.60. The molecule has 0 atom stereocenters. The number of rotatable bonds is 11. The Labute approximate surface area is 210 Å². The van der Waals surface area contributed by atoms with Crippen molar-refractivity contribution in [3.63, 3.8) is 0 Å². The van der Waals surface area contributed by atoms with Crippen LogP contribution in [0.25, 0.3) is 11.5 Å². The fourth-order valence-electron chi connectivity index (χ4n) is 3.55. The molecule has 0 radical (unpaired) electrons. The predicted octanol–water partition coefficient (Wildman–Crippen LogP) is 6.10. The Morgan fingerprint density at radius 2 is 1.58 bits per heavy atom. The van der Waals surface area contributed by atoms with Gasteiger partial charge in [0, 0.05) is 17.5 Å². The average molecular weight is 485 g/mol. The summed E-state index contributed by atoms with van der Waals surface area (Å²) in [7, 11) is 1.37. The Kier molecular flexibility index (Phi) is 8.48. The van der Waals surface area contributed by atoms with Crippen molar-refractivity contribution in [2.45, 2.75) is 33.0 Å². The van der Waals surface area contributed by atoms with Gasteiger partial charge in [0.2, 0.25) is 5.89 Å². The Hall–Kier alpha value is -4.39. The second-order valence-corrected chi connectivity index (χ2v) is 8.04. The van der Waals surface area contributed by atoms with E-state index in [1.807, 2.05) is 91.9 Å². The van der Waals surface area contributed by atoms with E-state index in [4.69, 9.17) is 18.7 Å². The van der Waals surface area contributed by atoms with Gasteiger partial charge in [-0.2, -0.15) is 0 Å². The van der Waals surface area contributed by atoms with Crippen LogP contribution >= 0.6 is 0 Å². The van der Waals surface area contributed by atoms with E-state index in [0.717, 1.165) is 22.4 Å². The Balaban J connectivity index is 1.42. The van der Waals surface area contributed by atoms with Crippen LogP contribution in [0, 0.1) is 6.92 Å². The summed E-state index contributed by atoms with van der Waals surface area (Å²) in [6.07, 6.45) is 0.624. The van der Waals surface area contributed by atoms with Gasteiger partial charge in [-0.25, -0.2) is 4.98 Å². The molecule has 4 aromatic rings. The first-order chi connectivity index (χ1) is 17.6. The van der Waals surface area contributed by atoms with Gasteiger partial charge < -0.3 is 18.7 Å². The SMILES string of the molecule is COC(=O)CCC(=NOCc1ccccc1OCc1nc(-c2ccccc2)oc1C)c1ccccc1. The van der Waals surface area contributed by atoms with Crippen LogP contribution < -0.4 is 4.74 Å². The quantitative estimate of drug-likeness (QED) is 0.145. The van der Waals surface area contributed by atoms with Gasteiger partial charge >= 0.3 is 5.97 Å². The first kappa shape index (κ1) is 24.7. The molecule has 3 aromatic carbocycles. The molecule has 0 aliphatic rings. The van der Waals surface area contributed by atoms with Gasteiger partial charge in [0.15, 0.2) is 0 Å². The van der Waals surface area contributed by atoms with Gasteiger partial charge in [-0.3, -0.25) is 4.79 Å². The normalized spacial score (nSPS) is 11.2. The minimum absolute atomic E-state index is 0.206. The van der Waals surface area contributed by atoms with Gasteiger partial charge in [0.1, 0.15) is 30.4 Å². The molecule has 0 saturated carbocycles. The Morgan fingerprint density at radius 3 is 2.33 bits per heavy atom. The number of hydrogen-bond acceptors (Lipinski definition) is 7. The molecule has 0 unspecified atom stereocenters. The summed E-state index contributed by atoms with van der Waals surface area (Å²) in [6, 6.07) is 27.0. The van der Waals surface area contributed by atoms with Crippen molar-refractivity contribution >= 4 is 11.7 Å². The second-order valence-electron chi connectivity index (χ2n) is 8.04. The lowest BCUT2D eigenvalue weighted by molar-refractivity contribution is -0.140. The van der Waals surface area contributed by atoms with Crippen LogP contribution in [0.4, 0.5) is 0 Å². The maximum absolute atomic E-state index is 11.6. The van der Waals surface area contributed by atoms with Crippen molar-refractivity contribution in [1.82, 2.24) is 4.98 Å². The fraction of sp³-hybridized carbons (Fsp3) is 0.207. The highest BCUT2D eigenvalue weighted by atomic mass is 16.6. The van der Waals surface area contributed by atoms with Gasteiger partial charge in [-0.1, -0.05) is 71.9 Å². The summed E-state index contributed by atoms with van der Waals surface area (Å²) in [5.41, 5.74) is 4.05. The fourth-order valence-corrected chi connectivity index (χ4v) is 3.55. The molecule has 0 aliphatic heterocycles. The Bertz CT molecular complexity index is 1300. The third-order valence-electron chi connectivity index (χ3n) is 5.55. The number of aryl methyl sites for hydroxylation is 1. The lowest BCUT2D eigenvalue weighted by Gasteiger charge is -2.11. The van der Waals surface area contributed by atoms with Crippen LogP contribution in [0.5, 0.6) is 5.75 Å². The van der Waals surface area contributed by atoms with Crippen LogP contribution in [0.3, 0.4) is 0 Å². The number of benzene rings is 3. The zero-order chi connectivity index (χ0) is 25.2. The minimum Gasteiger partial charge on any atom is -0.487 e. The molecular formula is C29H28N2O5. The van der Waals surface area contributed by atoms with E-state index >= 15 is 0 Å². The topological polar surface area (TPSA) is 83.2 Å². The smallest absolute Gasteiger partial charge is 0.305 e. The van der Waals surface area contributed by atoms with Crippen LogP contribution in [0.1, 0.15) is 35.4 Å². The largest absolute Gasteiger partial charge is 0.487 e. The van der Waals surface area contributed by atoms with Gasteiger partial charge in [-0.15, -0.1) is 0 Å². The van der Waals surface area contributed by atoms with Gasteiger partial charge in [0.05, 0.1) is 19.2 Å². The van der Waals surface area contributed by atoms with Crippen LogP contribution in [0.15, 0.2) is 94.5 Å². The maximum atomic E-state index is 11.6. The van der Waals surface area contributed by atoms with Gasteiger partial charge in [0.25, 0.3) is 0 Å². The molecule has 1 heterocycles. The summed E-state index contributed by atoms with van der Waals surface area (Å²) in [6.45, 7) is 2.34. The standard InChI is InChI=1S/C29H28N2O5/c1-21-26(30-29(36-21)23-13-7-4-8-14-23)20-34-27-16-10-9-15-24(27)19-35-31-25(17-18-28(32)33-2)22-11-5-3-6-12-22/h3-16H,17-20H2,1-2H3. The summed E-state index contributed by atoms with van der Waals surface area (Å²) in [5.74, 6) is 1.66. The number of carbonyl (C=O) groups excluding carboxylic acids is 1. The minimum atomic E-state index is -0.295. The molecule has 0 aliphatic carbocycles. The first-order valence-corrected chi connectivity index (χ1v) is 11.7. The molecule has 0 fully saturated rings.